The van der Waals surface area contributed by atoms with Crippen molar-refractivity contribution in [2.45, 2.75) is 31.4 Å². The maximum Gasteiger partial charge on any atom is 0.191 e. The van der Waals surface area contributed by atoms with E-state index in [1.807, 2.05) is 19.2 Å². The Morgan fingerprint density at radius 2 is 1.97 bits per heavy atom. The molecule has 2 N–H and O–H groups in total. The summed E-state index contributed by atoms with van der Waals surface area (Å²) in [5.41, 5.74) is 1.27. The van der Waals surface area contributed by atoms with Crippen molar-refractivity contribution < 1.29 is 14.2 Å². The molecule has 2 saturated heterocycles. The van der Waals surface area contributed by atoms with Crippen molar-refractivity contribution >= 4 is 29.9 Å². The molecule has 0 amide bonds. The fourth-order valence-corrected chi connectivity index (χ4v) is 3.81. The van der Waals surface area contributed by atoms with Gasteiger partial charge in [-0.05, 0) is 37.0 Å². The van der Waals surface area contributed by atoms with Gasteiger partial charge in [-0.15, -0.1) is 24.0 Å². The number of nitrogens with zero attached hydrogens (tertiary/aromatic N) is 2. The summed E-state index contributed by atoms with van der Waals surface area (Å²) in [4.78, 5) is 6.85. The second kappa shape index (κ2) is 13.3. The number of guanidine groups is 1. The number of benzene rings is 1. The maximum absolute atomic E-state index is 5.69. The highest BCUT2D eigenvalue weighted by Gasteiger charge is 2.23. The zero-order valence-electron chi connectivity index (χ0n) is 17.6. The molecule has 1 aromatic rings. The average Bonchev–Trinajstić information content (AvgIpc) is 3.27. The summed E-state index contributed by atoms with van der Waals surface area (Å²) in [6.07, 6.45) is 3.77. The van der Waals surface area contributed by atoms with Gasteiger partial charge in [0.05, 0.1) is 32.5 Å². The number of rotatable bonds is 8. The molecular weight excluding hydrogens is 483 g/mol. The molecule has 2 aliphatic rings. The van der Waals surface area contributed by atoms with Gasteiger partial charge < -0.3 is 24.8 Å². The van der Waals surface area contributed by atoms with Crippen LogP contribution in [0.15, 0.2) is 29.3 Å². The molecule has 0 saturated carbocycles. The van der Waals surface area contributed by atoms with E-state index in [2.05, 4.69) is 32.7 Å². The first kappa shape index (κ1) is 24.2. The molecule has 164 valence electrons. The Hall–Kier alpha value is -1.10. The van der Waals surface area contributed by atoms with Crippen LogP contribution in [0.25, 0.3) is 0 Å². The Kier molecular flexibility index (Phi) is 11.0. The number of methoxy groups -OCH3 is 1. The summed E-state index contributed by atoms with van der Waals surface area (Å²) in [5, 5.41) is 6.92. The number of hydrogen-bond acceptors (Lipinski definition) is 5. The third-order valence-corrected chi connectivity index (χ3v) is 5.46. The zero-order valence-corrected chi connectivity index (χ0v) is 19.9. The van der Waals surface area contributed by atoms with Gasteiger partial charge in [-0.2, -0.15) is 0 Å². The van der Waals surface area contributed by atoms with Crippen LogP contribution in [0, 0.1) is 0 Å². The molecule has 2 fully saturated rings. The molecule has 29 heavy (non-hydrogen) atoms. The number of morpholine rings is 1. The molecule has 2 atom stereocenters. The molecule has 2 aliphatic heterocycles. The van der Waals surface area contributed by atoms with Crippen LogP contribution in [-0.4, -0.2) is 77.1 Å². The van der Waals surface area contributed by atoms with E-state index in [0.717, 1.165) is 64.1 Å². The first-order chi connectivity index (χ1) is 13.8. The lowest BCUT2D eigenvalue weighted by Crippen LogP contribution is -2.46. The number of halogens is 1. The predicted octanol–water partition coefficient (Wildman–Crippen LogP) is 2.42. The Balaban J connectivity index is 0.00000300. The summed E-state index contributed by atoms with van der Waals surface area (Å²) < 4.78 is 16.5. The lowest BCUT2D eigenvalue weighted by molar-refractivity contribution is 0.0170. The summed E-state index contributed by atoms with van der Waals surface area (Å²) in [6, 6.07) is 8.60. The topological polar surface area (TPSA) is 67.4 Å². The Bertz CT molecular complexity index is 602. The Morgan fingerprint density at radius 3 is 2.59 bits per heavy atom. The van der Waals surface area contributed by atoms with Crippen molar-refractivity contribution in [3.63, 3.8) is 0 Å². The highest BCUT2D eigenvalue weighted by molar-refractivity contribution is 14.0. The standard InChI is InChI=1S/C21H34N4O3.HI/c1-22-21(23-10-9-19-4-3-13-28-19)24-16-20(25-11-14-27-15-12-25)17-5-7-18(26-2)8-6-17;/h5-8,19-20H,3-4,9-16H2,1-2H3,(H2,22,23,24);1H. The molecule has 0 aliphatic carbocycles. The van der Waals surface area contributed by atoms with Gasteiger partial charge in [0.15, 0.2) is 5.96 Å². The van der Waals surface area contributed by atoms with Crippen molar-refractivity contribution in [1.29, 1.82) is 0 Å². The van der Waals surface area contributed by atoms with Crippen molar-refractivity contribution in [3.05, 3.63) is 29.8 Å². The molecule has 3 rings (SSSR count). The van der Waals surface area contributed by atoms with E-state index in [-0.39, 0.29) is 30.0 Å². The van der Waals surface area contributed by atoms with Crippen LogP contribution in [0.4, 0.5) is 0 Å². The van der Waals surface area contributed by atoms with Crippen LogP contribution < -0.4 is 15.4 Å². The first-order valence-electron chi connectivity index (χ1n) is 10.3. The summed E-state index contributed by atoms with van der Waals surface area (Å²) >= 11 is 0. The van der Waals surface area contributed by atoms with Gasteiger partial charge >= 0.3 is 0 Å². The van der Waals surface area contributed by atoms with E-state index in [1.54, 1.807) is 7.11 Å². The number of aliphatic imine (C=N–C) groups is 1. The second-order valence-electron chi connectivity index (χ2n) is 7.24. The molecule has 1 aromatic carbocycles. The van der Waals surface area contributed by atoms with Gasteiger partial charge in [-0.3, -0.25) is 9.89 Å². The monoisotopic (exact) mass is 518 g/mol. The average molecular weight is 518 g/mol. The molecular formula is C21H35IN4O3. The fraction of sp³-hybridized carbons (Fsp3) is 0.667. The van der Waals surface area contributed by atoms with Gasteiger partial charge in [0.25, 0.3) is 0 Å². The minimum Gasteiger partial charge on any atom is -0.497 e. The van der Waals surface area contributed by atoms with Crippen molar-refractivity contribution in [3.8, 4) is 5.75 Å². The van der Waals surface area contributed by atoms with E-state index in [4.69, 9.17) is 14.2 Å². The summed E-state index contributed by atoms with van der Waals surface area (Å²) in [6.45, 7) is 5.98. The first-order valence-corrected chi connectivity index (χ1v) is 10.3. The minimum atomic E-state index is 0. The van der Waals surface area contributed by atoms with E-state index in [1.165, 1.54) is 18.4 Å². The van der Waals surface area contributed by atoms with E-state index in [9.17, 15) is 0 Å². The van der Waals surface area contributed by atoms with E-state index >= 15 is 0 Å². The van der Waals surface area contributed by atoms with Gasteiger partial charge in [0.1, 0.15) is 5.75 Å². The lowest BCUT2D eigenvalue weighted by Gasteiger charge is -2.35. The molecule has 7 nitrogen and oxygen atoms in total. The third kappa shape index (κ3) is 7.58. The molecule has 8 heteroatoms. The van der Waals surface area contributed by atoms with Crippen LogP contribution in [0.3, 0.4) is 0 Å². The van der Waals surface area contributed by atoms with Gasteiger partial charge in [0.2, 0.25) is 0 Å². The van der Waals surface area contributed by atoms with Crippen LogP contribution in [0.5, 0.6) is 5.75 Å². The zero-order chi connectivity index (χ0) is 19.6. The minimum absolute atomic E-state index is 0. The maximum atomic E-state index is 5.69. The Labute approximate surface area is 191 Å². The van der Waals surface area contributed by atoms with Gasteiger partial charge in [0, 0.05) is 39.8 Å². The normalized spacial score (nSPS) is 21.3. The van der Waals surface area contributed by atoms with Crippen LogP contribution >= 0.6 is 24.0 Å². The molecule has 0 bridgehead atoms. The summed E-state index contributed by atoms with van der Waals surface area (Å²) in [7, 11) is 3.51. The highest BCUT2D eigenvalue weighted by Crippen LogP contribution is 2.23. The largest absolute Gasteiger partial charge is 0.497 e. The van der Waals surface area contributed by atoms with Crippen LogP contribution in [0.2, 0.25) is 0 Å². The number of ether oxygens (including phenoxy) is 3. The lowest BCUT2D eigenvalue weighted by atomic mass is 10.0. The van der Waals surface area contributed by atoms with Crippen molar-refractivity contribution in [2.24, 2.45) is 4.99 Å². The van der Waals surface area contributed by atoms with Crippen LogP contribution in [-0.2, 0) is 9.47 Å². The van der Waals surface area contributed by atoms with E-state index < -0.39 is 0 Å². The number of hydrogen-bond donors (Lipinski definition) is 2. The third-order valence-electron chi connectivity index (χ3n) is 5.46. The molecule has 2 heterocycles. The smallest absolute Gasteiger partial charge is 0.191 e. The molecule has 0 aromatic heterocycles. The predicted molar refractivity (Wildman–Crippen MR) is 126 cm³/mol. The van der Waals surface area contributed by atoms with Gasteiger partial charge in [-0.25, -0.2) is 0 Å². The molecule has 0 spiro atoms. The molecule has 0 radical (unpaired) electrons. The Morgan fingerprint density at radius 1 is 1.21 bits per heavy atom. The molecule has 2 unspecified atom stereocenters. The number of nitrogens with one attached hydrogen (secondary N) is 2. The van der Waals surface area contributed by atoms with Crippen molar-refractivity contribution in [2.75, 3.05) is 60.2 Å². The van der Waals surface area contributed by atoms with E-state index in [0.29, 0.717) is 6.10 Å². The fourth-order valence-electron chi connectivity index (χ4n) is 3.81. The van der Waals surface area contributed by atoms with Gasteiger partial charge in [-0.1, -0.05) is 12.1 Å². The van der Waals surface area contributed by atoms with Crippen molar-refractivity contribution in [1.82, 2.24) is 15.5 Å². The highest BCUT2D eigenvalue weighted by atomic mass is 127. The van der Waals surface area contributed by atoms with Crippen LogP contribution in [0.1, 0.15) is 30.9 Å². The second-order valence-corrected chi connectivity index (χ2v) is 7.24. The quantitative estimate of drug-likeness (QED) is 0.313. The summed E-state index contributed by atoms with van der Waals surface area (Å²) in [5.74, 6) is 1.72. The SMILES string of the molecule is CN=C(NCCC1CCCO1)NCC(c1ccc(OC)cc1)N1CCOCC1.I.